The van der Waals surface area contributed by atoms with Crippen molar-refractivity contribution in [3.63, 3.8) is 0 Å². The highest BCUT2D eigenvalue weighted by molar-refractivity contribution is 6.30. The van der Waals surface area contributed by atoms with Crippen molar-refractivity contribution in [1.82, 2.24) is 20.0 Å². The number of halogens is 5. The third-order valence-corrected chi connectivity index (χ3v) is 3.64. The van der Waals surface area contributed by atoms with E-state index in [-0.39, 0.29) is 24.6 Å². The smallest absolute Gasteiger partial charge is 0.340 e. The lowest BCUT2D eigenvalue weighted by atomic mass is 10.2. The first-order valence-corrected chi connectivity index (χ1v) is 7.44. The number of nitrogens with zero attached hydrogens (tertiary/aromatic N) is 3. The zero-order valence-corrected chi connectivity index (χ0v) is 15.0. The van der Waals surface area contributed by atoms with Crippen molar-refractivity contribution in [3.8, 4) is 5.69 Å². The molecule has 1 N–H and O–H groups in total. The maximum atomic E-state index is 13.5. The van der Waals surface area contributed by atoms with E-state index in [1.54, 1.807) is 7.05 Å². The summed E-state index contributed by atoms with van der Waals surface area (Å²) in [5, 5.41) is 6.98. The summed E-state index contributed by atoms with van der Waals surface area (Å²) in [7, 11) is 3.14. The Morgan fingerprint density at radius 1 is 1.32 bits per heavy atom. The van der Waals surface area contributed by atoms with Crippen LogP contribution in [0.5, 0.6) is 0 Å². The lowest BCUT2D eigenvalue weighted by Crippen LogP contribution is -2.34. The van der Waals surface area contributed by atoms with E-state index < -0.39 is 23.3 Å². The Balaban J connectivity index is 0.00000312. The third kappa shape index (κ3) is 4.87. The molecule has 2 aromatic rings. The van der Waals surface area contributed by atoms with Crippen LogP contribution in [0.15, 0.2) is 30.5 Å². The molecule has 0 saturated carbocycles. The van der Waals surface area contributed by atoms with E-state index >= 15 is 0 Å². The first-order valence-electron chi connectivity index (χ1n) is 7.07. The molecule has 0 aliphatic rings. The first-order chi connectivity index (χ1) is 11.3. The summed E-state index contributed by atoms with van der Waals surface area (Å²) in [5.74, 6) is -0.738. The second-order valence-corrected chi connectivity index (χ2v) is 5.56. The molecule has 0 spiro atoms. The number of amides is 1. The Kier molecular flexibility index (Phi) is 7.28. The largest absolute Gasteiger partial charge is 0.434 e. The van der Waals surface area contributed by atoms with Crippen LogP contribution in [0, 0.1) is 0 Å². The molecule has 0 bridgehead atoms. The van der Waals surface area contributed by atoms with E-state index in [0.717, 1.165) is 6.20 Å². The summed E-state index contributed by atoms with van der Waals surface area (Å²) in [4.78, 5) is 13.6. The van der Waals surface area contributed by atoms with E-state index in [9.17, 15) is 18.0 Å². The fourth-order valence-corrected chi connectivity index (χ4v) is 2.27. The molecular formula is C15H17Cl2F3N4O. The standard InChI is InChI=1S/C15H16ClF3N4O.ClH/c1-20-7-8-22(2)14(24)12-9-21-23(13(12)15(17,18)19)11-5-3-10(16)4-6-11;/h3-6,9,20H,7-8H2,1-2H3;1H. The van der Waals surface area contributed by atoms with Gasteiger partial charge in [-0.15, -0.1) is 12.4 Å². The van der Waals surface area contributed by atoms with Gasteiger partial charge in [0.2, 0.25) is 0 Å². The number of aromatic nitrogens is 2. The molecule has 1 heterocycles. The average Bonchev–Trinajstić information content (AvgIpc) is 2.97. The van der Waals surface area contributed by atoms with Gasteiger partial charge in [0.05, 0.1) is 17.4 Å². The topological polar surface area (TPSA) is 50.2 Å². The maximum Gasteiger partial charge on any atom is 0.434 e. The summed E-state index contributed by atoms with van der Waals surface area (Å²) in [5.41, 5.74) is -1.43. The fourth-order valence-electron chi connectivity index (χ4n) is 2.14. The summed E-state index contributed by atoms with van der Waals surface area (Å²) >= 11 is 5.76. The zero-order valence-electron chi connectivity index (χ0n) is 13.5. The second kappa shape index (κ2) is 8.55. The molecule has 0 aliphatic carbocycles. The van der Waals surface area contributed by atoms with Crippen LogP contribution < -0.4 is 5.32 Å². The van der Waals surface area contributed by atoms with Gasteiger partial charge in [0.1, 0.15) is 0 Å². The number of likely N-dealkylation sites (N-methyl/N-ethyl adjacent to an activating group) is 2. The van der Waals surface area contributed by atoms with Crippen LogP contribution in [0.25, 0.3) is 5.69 Å². The van der Waals surface area contributed by atoms with Gasteiger partial charge in [-0.1, -0.05) is 11.6 Å². The molecule has 0 atom stereocenters. The van der Waals surface area contributed by atoms with Crippen LogP contribution in [0.4, 0.5) is 13.2 Å². The molecule has 138 valence electrons. The minimum atomic E-state index is -4.73. The molecule has 0 saturated heterocycles. The number of carbonyl (C=O) groups excluding carboxylic acids is 1. The number of carbonyl (C=O) groups is 1. The Labute approximate surface area is 154 Å². The summed E-state index contributed by atoms with van der Waals surface area (Å²) in [6.45, 7) is 0.744. The highest BCUT2D eigenvalue weighted by atomic mass is 35.5. The zero-order chi connectivity index (χ0) is 17.9. The van der Waals surface area contributed by atoms with Gasteiger partial charge in [0.15, 0.2) is 5.69 Å². The molecule has 1 aromatic carbocycles. The van der Waals surface area contributed by atoms with Crippen LogP contribution in [-0.4, -0.2) is 47.8 Å². The van der Waals surface area contributed by atoms with Gasteiger partial charge >= 0.3 is 6.18 Å². The van der Waals surface area contributed by atoms with Crippen LogP contribution >= 0.6 is 24.0 Å². The molecule has 1 aromatic heterocycles. The van der Waals surface area contributed by atoms with E-state index in [1.807, 2.05) is 0 Å². The summed E-state index contributed by atoms with van der Waals surface area (Å²) < 4.78 is 41.2. The van der Waals surface area contributed by atoms with Gasteiger partial charge in [0, 0.05) is 25.2 Å². The van der Waals surface area contributed by atoms with Crippen LogP contribution in [0.1, 0.15) is 16.1 Å². The molecule has 2 rings (SSSR count). The SMILES string of the molecule is CNCCN(C)C(=O)c1cnn(-c2ccc(Cl)cc2)c1C(F)(F)F.Cl. The van der Waals surface area contributed by atoms with Crippen molar-refractivity contribution < 1.29 is 18.0 Å². The number of benzene rings is 1. The lowest BCUT2D eigenvalue weighted by Gasteiger charge is -2.18. The Morgan fingerprint density at radius 3 is 2.44 bits per heavy atom. The van der Waals surface area contributed by atoms with Gasteiger partial charge in [-0.3, -0.25) is 4.79 Å². The molecular weight excluding hydrogens is 380 g/mol. The van der Waals surface area contributed by atoms with Gasteiger partial charge < -0.3 is 10.2 Å². The maximum absolute atomic E-state index is 13.5. The van der Waals surface area contributed by atoms with Crippen molar-refractivity contribution in [3.05, 3.63) is 46.7 Å². The third-order valence-electron chi connectivity index (χ3n) is 3.38. The monoisotopic (exact) mass is 396 g/mol. The summed E-state index contributed by atoms with van der Waals surface area (Å²) in [6.07, 6.45) is -3.79. The Morgan fingerprint density at radius 2 is 1.92 bits per heavy atom. The van der Waals surface area contributed by atoms with Crippen molar-refractivity contribution >= 4 is 29.9 Å². The minimum absolute atomic E-state index is 0. The molecule has 25 heavy (non-hydrogen) atoms. The van der Waals surface area contributed by atoms with Crippen molar-refractivity contribution in [1.29, 1.82) is 0 Å². The van der Waals surface area contributed by atoms with Gasteiger partial charge in [-0.2, -0.15) is 18.3 Å². The summed E-state index contributed by atoms with van der Waals surface area (Å²) in [6, 6.07) is 5.73. The van der Waals surface area contributed by atoms with Gasteiger partial charge in [-0.25, -0.2) is 4.68 Å². The second-order valence-electron chi connectivity index (χ2n) is 5.12. The highest BCUT2D eigenvalue weighted by Gasteiger charge is 2.41. The highest BCUT2D eigenvalue weighted by Crippen LogP contribution is 2.34. The minimum Gasteiger partial charge on any atom is -0.340 e. The molecule has 1 amide bonds. The number of alkyl halides is 3. The van der Waals surface area contributed by atoms with E-state index in [2.05, 4.69) is 10.4 Å². The predicted molar refractivity (Wildman–Crippen MR) is 91.7 cm³/mol. The molecule has 10 heteroatoms. The molecule has 0 radical (unpaired) electrons. The number of nitrogens with one attached hydrogen (secondary N) is 1. The fraction of sp³-hybridized carbons (Fsp3) is 0.333. The number of hydrogen-bond acceptors (Lipinski definition) is 3. The Bertz CT molecular complexity index is 717. The van der Waals surface area contributed by atoms with E-state index in [4.69, 9.17) is 11.6 Å². The van der Waals surface area contributed by atoms with Crippen molar-refractivity contribution in [2.24, 2.45) is 0 Å². The van der Waals surface area contributed by atoms with Crippen LogP contribution in [0.2, 0.25) is 5.02 Å². The number of hydrogen-bond donors (Lipinski definition) is 1. The molecule has 0 aliphatic heterocycles. The molecule has 5 nitrogen and oxygen atoms in total. The Hall–Kier alpha value is -1.77. The average molecular weight is 397 g/mol. The van der Waals surface area contributed by atoms with Crippen molar-refractivity contribution in [2.45, 2.75) is 6.18 Å². The molecule has 0 fully saturated rings. The number of rotatable bonds is 5. The lowest BCUT2D eigenvalue weighted by molar-refractivity contribution is -0.143. The van der Waals surface area contributed by atoms with Gasteiger partial charge in [0.25, 0.3) is 5.91 Å². The normalized spacial score (nSPS) is 11.1. The quantitative estimate of drug-likeness (QED) is 0.843. The van der Waals surface area contributed by atoms with E-state index in [0.29, 0.717) is 16.2 Å². The van der Waals surface area contributed by atoms with Crippen LogP contribution in [0.3, 0.4) is 0 Å². The van der Waals surface area contributed by atoms with Gasteiger partial charge in [-0.05, 0) is 31.3 Å². The van der Waals surface area contributed by atoms with Crippen LogP contribution in [-0.2, 0) is 6.18 Å². The van der Waals surface area contributed by atoms with E-state index in [1.165, 1.54) is 36.2 Å². The predicted octanol–water partition coefficient (Wildman–Crippen LogP) is 3.26. The molecule has 0 unspecified atom stereocenters. The van der Waals surface area contributed by atoms with Crippen molar-refractivity contribution in [2.75, 3.05) is 27.2 Å². The first kappa shape index (κ1) is 21.3.